The summed E-state index contributed by atoms with van der Waals surface area (Å²) in [7, 11) is 5.91. The Kier molecular flexibility index (Phi) is 8.03. The molecule has 4 saturated heterocycles. The van der Waals surface area contributed by atoms with Crippen molar-refractivity contribution in [2.24, 2.45) is 29.6 Å². The first-order chi connectivity index (χ1) is 18.2. The Morgan fingerprint density at radius 1 is 0.842 bits per heavy atom. The van der Waals surface area contributed by atoms with E-state index >= 15 is 0 Å². The molecular weight excluding hydrogens is 495 g/mol. The van der Waals surface area contributed by atoms with Gasteiger partial charge in [-0.15, -0.1) is 0 Å². The second kappa shape index (κ2) is 11.0. The zero-order chi connectivity index (χ0) is 26.6. The minimum Gasteiger partial charge on any atom is -0.366 e. The third-order valence-corrected chi connectivity index (χ3v) is 10.8. The molecule has 0 aromatic rings. The van der Waals surface area contributed by atoms with Crippen LogP contribution in [0, 0.1) is 29.6 Å². The van der Waals surface area contributed by atoms with Gasteiger partial charge in [0.15, 0.2) is 0 Å². The summed E-state index contributed by atoms with van der Waals surface area (Å²) < 4.78 is 45.7. The highest BCUT2D eigenvalue weighted by molar-refractivity contribution is 5.07. The van der Waals surface area contributed by atoms with Crippen LogP contribution in [0.25, 0.3) is 0 Å². The molecule has 5 N–H and O–H groups in total. The van der Waals surface area contributed by atoms with Crippen LogP contribution in [0.2, 0.25) is 0 Å². The van der Waals surface area contributed by atoms with Crippen LogP contribution in [0.4, 0.5) is 13.2 Å². The predicted octanol–water partition coefficient (Wildman–Crippen LogP) is 1.31. The monoisotopic (exact) mass is 543 g/mol. The molecule has 2 aliphatic carbocycles. The van der Waals surface area contributed by atoms with Gasteiger partial charge in [-0.25, -0.2) is 0 Å². The smallest absolute Gasteiger partial charge is 0.366 e. The van der Waals surface area contributed by atoms with Crippen molar-refractivity contribution in [3.05, 3.63) is 0 Å². The van der Waals surface area contributed by atoms with Gasteiger partial charge in [0.25, 0.3) is 0 Å². The number of methoxy groups -OCH3 is 1. The van der Waals surface area contributed by atoms with E-state index in [9.17, 15) is 13.2 Å². The van der Waals surface area contributed by atoms with Crippen molar-refractivity contribution in [2.75, 3.05) is 47.5 Å². The number of halogens is 3. The number of fused-ring (bicyclic) bond motifs is 1. The summed E-state index contributed by atoms with van der Waals surface area (Å²) in [4.78, 5) is 4.41. The van der Waals surface area contributed by atoms with Gasteiger partial charge in [-0.1, -0.05) is 12.8 Å². The van der Waals surface area contributed by atoms with Crippen molar-refractivity contribution in [1.29, 1.82) is 0 Å². The van der Waals surface area contributed by atoms with E-state index in [1.807, 2.05) is 19.1 Å². The maximum atomic E-state index is 13.3. The standard InChI is InChI=1S/C27H48F3N7O/c1-36-12-18(10-15-4-6-17(7-5-15)25-34-20(13-37(25)2)27(28,29)30)22-19(36)11-31-24(35-22)21-23(16-8-9-16)32-14-33-26(21)38-3/h15-26,31-35H,4-14H2,1-3H3. The van der Waals surface area contributed by atoms with Crippen LogP contribution < -0.4 is 26.6 Å². The lowest BCUT2D eigenvalue weighted by Gasteiger charge is -2.48. The molecule has 0 amide bonds. The third kappa shape index (κ3) is 5.51. The molecule has 218 valence electrons. The molecule has 9 atom stereocenters. The Balaban J connectivity index is 1.05. The maximum Gasteiger partial charge on any atom is 0.405 e. The molecule has 4 aliphatic heterocycles. The molecule has 0 radical (unpaired) electrons. The number of hydrogen-bond donors (Lipinski definition) is 5. The first-order valence-corrected chi connectivity index (χ1v) is 14.9. The quantitative estimate of drug-likeness (QED) is 0.344. The Hall–Kier alpha value is -0.530. The maximum absolute atomic E-state index is 13.3. The van der Waals surface area contributed by atoms with Gasteiger partial charge in [-0.2, -0.15) is 13.2 Å². The Morgan fingerprint density at radius 3 is 2.24 bits per heavy atom. The van der Waals surface area contributed by atoms with Gasteiger partial charge in [0.2, 0.25) is 0 Å². The van der Waals surface area contributed by atoms with E-state index in [4.69, 9.17) is 4.74 Å². The number of nitrogens with one attached hydrogen (secondary N) is 5. The Morgan fingerprint density at radius 2 is 1.58 bits per heavy atom. The van der Waals surface area contributed by atoms with E-state index in [2.05, 4.69) is 38.5 Å². The summed E-state index contributed by atoms with van der Waals surface area (Å²) in [5.41, 5.74) is 0. The number of hydrogen-bond acceptors (Lipinski definition) is 8. The molecule has 0 spiro atoms. The fourth-order valence-electron chi connectivity index (χ4n) is 8.67. The molecule has 6 fully saturated rings. The molecule has 9 unspecified atom stereocenters. The lowest BCUT2D eigenvalue weighted by molar-refractivity contribution is -0.150. The van der Waals surface area contributed by atoms with E-state index in [-0.39, 0.29) is 25.1 Å². The molecule has 8 nitrogen and oxygen atoms in total. The van der Waals surface area contributed by atoms with Crippen LogP contribution >= 0.6 is 0 Å². The second-order valence-corrected chi connectivity index (χ2v) is 13.2. The fraction of sp³-hybridized carbons (Fsp3) is 1.00. The van der Waals surface area contributed by atoms with Crippen molar-refractivity contribution < 1.29 is 17.9 Å². The lowest BCUT2D eigenvalue weighted by atomic mass is 9.75. The van der Waals surface area contributed by atoms with Gasteiger partial charge in [-0.3, -0.25) is 26.2 Å². The largest absolute Gasteiger partial charge is 0.405 e. The summed E-state index contributed by atoms with van der Waals surface area (Å²) in [6, 6.07) is 0.0216. The molecule has 0 bridgehead atoms. The first-order valence-electron chi connectivity index (χ1n) is 14.9. The molecule has 4 heterocycles. The number of likely N-dealkylation sites (tertiary alicyclic amines) is 1. The van der Waals surface area contributed by atoms with Gasteiger partial charge in [0.1, 0.15) is 12.3 Å². The highest BCUT2D eigenvalue weighted by Crippen LogP contribution is 2.42. The van der Waals surface area contributed by atoms with Gasteiger partial charge >= 0.3 is 6.18 Å². The Labute approximate surface area is 225 Å². The van der Waals surface area contributed by atoms with Crippen molar-refractivity contribution in [3.63, 3.8) is 0 Å². The zero-order valence-electron chi connectivity index (χ0n) is 23.1. The second-order valence-electron chi connectivity index (χ2n) is 13.2. The third-order valence-electron chi connectivity index (χ3n) is 10.8. The van der Waals surface area contributed by atoms with Crippen molar-refractivity contribution in [1.82, 2.24) is 36.4 Å². The molecular formula is C27H48F3N7O. The normalized spacial score (nSPS) is 47.4. The number of nitrogens with zero attached hydrogens (tertiary/aromatic N) is 2. The number of alkyl halides is 3. The van der Waals surface area contributed by atoms with E-state index in [1.54, 1.807) is 0 Å². The number of likely N-dealkylation sites (N-methyl/N-ethyl adjacent to an activating group) is 2. The van der Waals surface area contributed by atoms with Crippen molar-refractivity contribution in [2.45, 2.75) is 93.8 Å². The van der Waals surface area contributed by atoms with Crippen LogP contribution in [0.15, 0.2) is 0 Å². The van der Waals surface area contributed by atoms with Crippen LogP contribution in [0.5, 0.6) is 0 Å². The summed E-state index contributed by atoms with van der Waals surface area (Å²) in [5.74, 6) is 2.65. The molecule has 2 saturated carbocycles. The zero-order valence-corrected chi connectivity index (χ0v) is 23.1. The van der Waals surface area contributed by atoms with Gasteiger partial charge < -0.3 is 15.0 Å². The van der Waals surface area contributed by atoms with E-state index in [0.717, 1.165) is 51.4 Å². The molecule has 11 heteroatoms. The SMILES string of the molecule is COC1NCNC(C2CC2)C1C1NCC2C(N1)C(CC1CCC(C3NC(C(F)(F)F)CN3C)CC1)CN2C. The summed E-state index contributed by atoms with van der Waals surface area (Å²) >= 11 is 0. The van der Waals surface area contributed by atoms with Gasteiger partial charge in [0, 0.05) is 57.5 Å². The molecule has 6 aliphatic rings. The lowest BCUT2D eigenvalue weighted by Crippen LogP contribution is -2.72. The summed E-state index contributed by atoms with van der Waals surface area (Å²) in [6.07, 6.45) is 4.03. The van der Waals surface area contributed by atoms with Crippen LogP contribution in [-0.4, -0.2) is 106 Å². The first kappa shape index (κ1) is 27.6. The summed E-state index contributed by atoms with van der Waals surface area (Å²) in [6.45, 7) is 2.96. The average molecular weight is 544 g/mol. The van der Waals surface area contributed by atoms with E-state index in [1.165, 1.54) is 19.3 Å². The topological polar surface area (TPSA) is 75.9 Å². The van der Waals surface area contributed by atoms with Crippen LogP contribution in [-0.2, 0) is 4.74 Å². The number of rotatable bonds is 6. The molecule has 0 aromatic carbocycles. The number of ether oxygens (including phenoxy) is 1. The van der Waals surface area contributed by atoms with Gasteiger partial charge in [0.05, 0.1) is 12.3 Å². The van der Waals surface area contributed by atoms with Crippen LogP contribution in [0.1, 0.15) is 44.9 Å². The summed E-state index contributed by atoms with van der Waals surface area (Å²) in [5, 5.41) is 18.1. The predicted molar refractivity (Wildman–Crippen MR) is 140 cm³/mol. The van der Waals surface area contributed by atoms with E-state index in [0.29, 0.717) is 41.8 Å². The van der Waals surface area contributed by atoms with E-state index < -0.39 is 12.2 Å². The average Bonchev–Trinajstić information content (AvgIpc) is 3.61. The van der Waals surface area contributed by atoms with Gasteiger partial charge in [-0.05, 0) is 69.9 Å². The minimum atomic E-state index is -4.17. The van der Waals surface area contributed by atoms with Crippen LogP contribution in [0.3, 0.4) is 0 Å². The fourth-order valence-corrected chi connectivity index (χ4v) is 8.67. The Bertz CT molecular complexity index is 808. The molecule has 0 aromatic heterocycles. The minimum absolute atomic E-state index is 0.0375. The highest BCUT2D eigenvalue weighted by Gasteiger charge is 2.51. The molecule has 38 heavy (non-hydrogen) atoms. The highest BCUT2D eigenvalue weighted by atomic mass is 19.4. The molecule has 6 rings (SSSR count). The van der Waals surface area contributed by atoms with Crippen molar-refractivity contribution >= 4 is 0 Å². The van der Waals surface area contributed by atoms with Crippen molar-refractivity contribution in [3.8, 4) is 0 Å².